The average Bonchev–Trinajstić information content (AvgIpc) is 3.05. The standard InChI is InChI=1S/C13H12N2O3/c16-13(15-6-5-14-8-15)4-2-10-1-3-11-12(7-10)18-9-17-11/h1,3,5-8H,2,4,9H2. The summed E-state index contributed by atoms with van der Waals surface area (Å²) in [6.45, 7) is 0.271. The maximum atomic E-state index is 11.8. The molecule has 0 atom stereocenters. The molecule has 92 valence electrons. The fraction of sp³-hybridized carbons (Fsp3) is 0.231. The summed E-state index contributed by atoms with van der Waals surface area (Å²) in [6.07, 6.45) is 5.88. The van der Waals surface area contributed by atoms with Crippen molar-refractivity contribution < 1.29 is 14.3 Å². The number of rotatable bonds is 3. The van der Waals surface area contributed by atoms with Crippen LogP contribution >= 0.6 is 0 Å². The molecule has 2 aromatic rings. The number of carbonyl (C=O) groups excluding carboxylic acids is 1. The molecule has 1 aliphatic heterocycles. The predicted molar refractivity (Wildman–Crippen MR) is 63.7 cm³/mol. The van der Waals surface area contributed by atoms with Crippen molar-refractivity contribution >= 4 is 5.91 Å². The zero-order chi connectivity index (χ0) is 12.4. The predicted octanol–water partition coefficient (Wildman–Crippen LogP) is 1.88. The average molecular weight is 244 g/mol. The van der Waals surface area contributed by atoms with Crippen molar-refractivity contribution in [2.75, 3.05) is 6.79 Å². The van der Waals surface area contributed by atoms with Gasteiger partial charge in [0.1, 0.15) is 6.33 Å². The van der Waals surface area contributed by atoms with E-state index in [9.17, 15) is 4.79 Å². The van der Waals surface area contributed by atoms with Gasteiger partial charge in [-0.3, -0.25) is 9.36 Å². The van der Waals surface area contributed by atoms with E-state index in [-0.39, 0.29) is 12.7 Å². The van der Waals surface area contributed by atoms with E-state index in [1.54, 1.807) is 12.4 Å². The zero-order valence-electron chi connectivity index (χ0n) is 9.70. The molecule has 2 heterocycles. The second-order valence-electron chi connectivity index (χ2n) is 4.05. The number of ether oxygens (including phenoxy) is 2. The van der Waals surface area contributed by atoms with Gasteiger partial charge < -0.3 is 9.47 Å². The van der Waals surface area contributed by atoms with Gasteiger partial charge in [-0.1, -0.05) is 6.07 Å². The van der Waals surface area contributed by atoms with Crippen molar-refractivity contribution in [1.82, 2.24) is 9.55 Å². The smallest absolute Gasteiger partial charge is 0.232 e. The van der Waals surface area contributed by atoms with Gasteiger partial charge in [0, 0.05) is 18.8 Å². The molecule has 0 radical (unpaired) electrons. The lowest BCUT2D eigenvalue weighted by Crippen LogP contribution is -2.09. The number of aryl methyl sites for hydroxylation is 1. The molecular formula is C13H12N2O3. The number of imidazole rings is 1. The third kappa shape index (κ3) is 2.07. The summed E-state index contributed by atoms with van der Waals surface area (Å²) in [5.41, 5.74) is 1.06. The first-order valence-electron chi connectivity index (χ1n) is 5.72. The van der Waals surface area contributed by atoms with Crippen molar-refractivity contribution in [3.63, 3.8) is 0 Å². The Balaban J connectivity index is 1.65. The molecule has 5 nitrogen and oxygen atoms in total. The molecule has 0 N–H and O–H groups in total. The van der Waals surface area contributed by atoms with E-state index in [1.807, 2.05) is 18.2 Å². The Morgan fingerprint density at radius 2 is 2.22 bits per heavy atom. The van der Waals surface area contributed by atoms with Gasteiger partial charge in [0.15, 0.2) is 11.5 Å². The van der Waals surface area contributed by atoms with E-state index in [0.717, 1.165) is 17.1 Å². The van der Waals surface area contributed by atoms with Crippen molar-refractivity contribution in [2.45, 2.75) is 12.8 Å². The number of hydrogen-bond acceptors (Lipinski definition) is 4. The molecule has 0 aliphatic carbocycles. The fourth-order valence-electron chi connectivity index (χ4n) is 1.88. The minimum atomic E-state index is 0.0326. The van der Waals surface area contributed by atoms with Crippen LogP contribution in [0.15, 0.2) is 36.9 Å². The summed E-state index contributed by atoms with van der Waals surface area (Å²) in [7, 11) is 0. The van der Waals surface area contributed by atoms with Crippen LogP contribution in [0.1, 0.15) is 16.8 Å². The van der Waals surface area contributed by atoms with E-state index in [1.165, 1.54) is 10.9 Å². The first kappa shape index (κ1) is 10.8. The molecule has 0 fully saturated rings. The Bertz CT molecular complexity index is 564. The van der Waals surface area contributed by atoms with Crippen LogP contribution in [0.3, 0.4) is 0 Å². The van der Waals surface area contributed by atoms with Crippen molar-refractivity contribution in [2.24, 2.45) is 0 Å². The molecule has 18 heavy (non-hydrogen) atoms. The number of nitrogens with zero attached hydrogens (tertiary/aromatic N) is 2. The lowest BCUT2D eigenvalue weighted by molar-refractivity contribution is 0.0902. The van der Waals surface area contributed by atoms with Crippen LogP contribution in [0.25, 0.3) is 0 Å². The minimum absolute atomic E-state index is 0.0326. The van der Waals surface area contributed by atoms with Gasteiger partial charge in [-0.05, 0) is 24.1 Å². The molecule has 1 aromatic heterocycles. The Hall–Kier alpha value is -2.30. The quantitative estimate of drug-likeness (QED) is 0.827. The fourth-order valence-corrected chi connectivity index (χ4v) is 1.88. The number of benzene rings is 1. The third-order valence-corrected chi connectivity index (χ3v) is 2.86. The minimum Gasteiger partial charge on any atom is -0.454 e. The van der Waals surface area contributed by atoms with Gasteiger partial charge in [0.05, 0.1) is 0 Å². The van der Waals surface area contributed by atoms with Gasteiger partial charge in [0.25, 0.3) is 0 Å². The molecule has 5 heteroatoms. The van der Waals surface area contributed by atoms with Gasteiger partial charge in [-0.2, -0.15) is 0 Å². The summed E-state index contributed by atoms with van der Waals surface area (Å²) < 4.78 is 12.0. The van der Waals surface area contributed by atoms with Crippen LogP contribution < -0.4 is 9.47 Å². The Labute approximate surface area is 104 Å². The highest BCUT2D eigenvalue weighted by atomic mass is 16.7. The summed E-state index contributed by atoms with van der Waals surface area (Å²) in [4.78, 5) is 15.6. The van der Waals surface area contributed by atoms with Crippen LogP contribution in [0.2, 0.25) is 0 Å². The highest BCUT2D eigenvalue weighted by Crippen LogP contribution is 2.32. The Morgan fingerprint density at radius 1 is 1.33 bits per heavy atom. The highest BCUT2D eigenvalue weighted by Gasteiger charge is 2.13. The molecule has 3 rings (SSSR count). The number of hydrogen-bond donors (Lipinski definition) is 0. The summed E-state index contributed by atoms with van der Waals surface area (Å²) in [5, 5.41) is 0. The van der Waals surface area contributed by atoms with Gasteiger partial charge in [-0.15, -0.1) is 0 Å². The Kier molecular flexibility index (Phi) is 2.72. The second kappa shape index (κ2) is 4.52. The number of carbonyl (C=O) groups is 1. The second-order valence-corrected chi connectivity index (χ2v) is 4.05. The van der Waals surface area contributed by atoms with E-state index in [0.29, 0.717) is 12.8 Å². The first-order valence-corrected chi connectivity index (χ1v) is 5.72. The molecule has 1 aromatic carbocycles. The van der Waals surface area contributed by atoms with E-state index >= 15 is 0 Å². The molecule has 0 unspecified atom stereocenters. The Morgan fingerprint density at radius 3 is 3.06 bits per heavy atom. The lowest BCUT2D eigenvalue weighted by Gasteiger charge is -2.03. The zero-order valence-corrected chi connectivity index (χ0v) is 9.70. The van der Waals surface area contributed by atoms with E-state index in [2.05, 4.69) is 4.98 Å². The van der Waals surface area contributed by atoms with Crippen LogP contribution in [-0.4, -0.2) is 22.3 Å². The topological polar surface area (TPSA) is 53.4 Å². The molecule has 0 saturated heterocycles. The van der Waals surface area contributed by atoms with Gasteiger partial charge in [0.2, 0.25) is 12.7 Å². The lowest BCUT2D eigenvalue weighted by atomic mass is 10.1. The van der Waals surface area contributed by atoms with Crippen molar-refractivity contribution in [3.05, 3.63) is 42.5 Å². The van der Waals surface area contributed by atoms with Crippen molar-refractivity contribution in [3.8, 4) is 11.5 Å². The number of aromatic nitrogens is 2. The van der Waals surface area contributed by atoms with Crippen LogP contribution in [0, 0.1) is 0 Å². The van der Waals surface area contributed by atoms with E-state index < -0.39 is 0 Å². The molecular weight excluding hydrogens is 232 g/mol. The normalized spacial score (nSPS) is 12.7. The van der Waals surface area contributed by atoms with Crippen molar-refractivity contribution in [1.29, 1.82) is 0 Å². The SMILES string of the molecule is O=C(CCc1ccc2c(c1)OCO2)n1ccnc1. The van der Waals surface area contributed by atoms with Gasteiger partial charge in [-0.25, -0.2) is 4.98 Å². The maximum absolute atomic E-state index is 11.8. The monoisotopic (exact) mass is 244 g/mol. The van der Waals surface area contributed by atoms with E-state index in [4.69, 9.17) is 9.47 Å². The van der Waals surface area contributed by atoms with Crippen LogP contribution in [0.4, 0.5) is 0 Å². The van der Waals surface area contributed by atoms with Gasteiger partial charge >= 0.3 is 0 Å². The number of fused-ring (bicyclic) bond motifs is 1. The summed E-state index contributed by atoms with van der Waals surface area (Å²) >= 11 is 0. The molecule has 0 bridgehead atoms. The van der Waals surface area contributed by atoms with Crippen LogP contribution in [0.5, 0.6) is 11.5 Å². The molecule has 0 spiro atoms. The maximum Gasteiger partial charge on any atom is 0.232 e. The summed E-state index contributed by atoms with van der Waals surface area (Å²) in [6, 6.07) is 5.75. The summed E-state index contributed by atoms with van der Waals surface area (Å²) in [5.74, 6) is 1.55. The molecule has 0 amide bonds. The first-order chi connectivity index (χ1) is 8.83. The highest BCUT2D eigenvalue weighted by molar-refractivity contribution is 5.78. The molecule has 1 aliphatic rings. The third-order valence-electron chi connectivity index (χ3n) is 2.86. The van der Waals surface area contributed by atoms with Crippen LogP contribution in [-0.2, 0) is 6.42 Å². The largest absolute Gasteiger partial charge is 0.454 e. The molecule has 0 saturated carbocycles.